The first-order valence-electron chi connectivity index (χ1n) is 6.35. The Hall–Kier alpha value is -2.69. The van der Waals surface area contributed by atoms with Crippen molar-refractivity contribution in [3.05, 3.63) is 65.9 Å². The van der Waals surface area contributed by atoms with E-state index in [4.69, 9.17) is 10.5 Å². The highest BCUT2D eigenvalue weighted by Gasteiger charge is 2.11. The molecule has 0 saturated carbocycles. The lowest BCUT2D eigenvalue weighted by Gasteiger charge is -2.11. The van der Waals surface area contributed by atoms with Gasteiger partial charge in [-0.25, -0.2) is 8.78 Å². The Balaban J connectivity index is 1.94. The summed E-state index contributed by atoms with van der Waals surface area (Å²) < 4.78 is 32.3. The quantitative estimate of drug-likeness (QED) is 0.747. The third kappa shape index (κ3) is 2.50. The van der Waals surface area contributed by atoms with Gasteiger partial charge in [-0.2, -0.15) is 0 Å². The molecule has 2 aromatic carbocycles. The summed E-state index contributed by atoms with van der Waals surface area (Å²) in [6.07, 6.45) is 1.63. The zero-order chi connectivity index (χ0) is 14.8. The molecule has 5 heteroatoms. The Morgan fingerprint density at radius 3 is 2.52 bits per heavy atom. The van der Waals surface area contributed by atoms with Crippen LogP contribution in [-0.2, 0) is 6.61 Å². The van der Waals surface area contributed by atoms with Crippen molar-refractivity contribution in [1.29, 1.82) is 0 Å². The van der Waals surface area contributed by atoms with Gasteiger partial charge in [0.15, 0.2) is 17.4 Å². The standard InChI is InChI=1S/C16H12F2N2O/c17-12-4-1-5-13(18)16(12)21-9-10-6-7-14(19)11-3-2-8-20-15(10)11/h1-8H,9,19H2. The van der Waals surface area contributed by atoms with Gasteiger partial charge >= 0.3 is 0 Å². The molecule has 0 saturated heterocycles. The highest BCUT2D eigenvalue weighted by Crippen LogP contribution is 2.26. The van der Waals surface area contributed by atoms with Crippen molar-refractivity contribution in [1.82, 2.24) is 4.98 Å². The first kappa shape index (κ1) is 13.3. The number of nitrogens with zero attached hydrogens (tertiary/aromatic N) is 1. The molecule has 0 atom stereocenters. The number of benzene rings is 2. The summed E-state index contributed by atoms with van der Waals surface area (Å²) in [5, 5.41) is 0.785. The predicted molar refractivity (Wildman–Crippen MR) is 76.8 cm³/mol. The molecular weight excluding hydrogens is 274 g/mol. The maximum absolute atomic E-state index is 13.5. The van der Waals surface area contributed by atoms with Crippen LogP contribution in [0.4, 0.5) is 14.5 Å². The normalized spacial score (nSPS) is 10.8. The number of ether oxygens (including phenoxy) is 1. The number of fused-ring (bicyclic) bond motifs is 1. The van der Waals surface area contributed by atoms with Gasteiger partial charge < -0.3 is 10.5 Å². The molecule has 1 aromatic heterocycles. The van der Waals surface area contributed by atoms with Crippen LogP contribution in [0.2, 0.25) is 0 Å². The third-order valence-electron chi connectivity index (χ3n) is 3.18. The average molecular weight is 286 g/mol. The van der Waals surface area contributed by atoms with Gasteiger partial charge in [-0.3, -0.25) is 4.98 Å². The summed E-state index contributed by atoms with van der Waals surface area (Å²) in [6.45, 7) is 0.00560. The molecule has 106 valence electrons. The lowest BCUT2D eigenvalue weighted by Crippen LogP contribution is -2.02. The number of halogens is 2. The summed E-state index contributed by atoms with van der Waals surface area (Å²) >= 11 is 0. The number of hydrogen-bond donors (Lipinski definition) is 1. The molecular formula is C16H12F2N2O. The van der Waals surface area contributed by atoms with Crippen LogP contribution < -0.4 is 10.5 Å². The first-order valence-corrected chi connectivity index (χ1v) is 6.35. The van der Waals surface area contributed by atoms with E-state index in [1.165, 1.54) is 6.07 Å². The molecule has 0 bridgehead atoms. The third-order valence-corrected chi connectivity index (χ3v) is 3.18. The van der Waals surface area contributed by atoms with Crippen molar-refractivity contribution in [2.75, 3.05) is 5.73 Å². The molecule has 3 rings (SSSR count). The predicted octanol–water partition coefficient (Wildman–Crippen LogP) is 3.67. The summed E-state index contributed by atoms with van der Waals surface area (Å²) in [5.74, 6) is -1.86. The number of pyridine rings is 1. The molecule has 21 heavy (non-hydrogen) atoms. The first-order chi connectivity index (χ1) is 10.2. The monoisotopic (exact) mass is 286 g/mol. The second-order valence-corrected chi connectivity index (χ2v) is 4.55. The van der Waals surface area contributed by atoms with Crippen LogP contribution >= 0.6 is 0 Å². The van der Waals surface area contributed by atoms with Crippen LogP contribution in [0.3, 0.4) is 0 Å². The van der Waals surface area contributed by atoms with Crippen LogP contribution in [-0.4, -0.2) is 4.98 Å². The molecule has 0 aliphatic rings. The number of hydrogen-bond acceptors (Lipinski definition) is 3. The number of rotatable bonds is 3. The molecule has 0 radical (unpaired) electrons. The second kappa shape index (κ2) is 5.36. The van der Waals surface area contributed by atoms with Crippen LogP contribution in [0.25, 0.3) is 10.9 Å². The largest absolute Gasteiger partial charge is 0.483 e. The summed E-state index contributed by atoms with van der Waals surface area (Å²) in [4.78, 5) is 4.25. The highest BCUT2D eigenvalue weighted by atomic mass is 19.1. The van der Waals surface area contributed by atoms with Crippen molar-refractivity contribution in [2.24, 2.45) is 0 Å². The molecule has 0 fully saturated rings. The summed E-state index contributed by atoms with van der Waals surface area (Å²) in [5.41, 5.74) is 7.85. The average Bonchev–Trinajstić information content (AvgIpc) is 2.49. The van der Waals surface area contributed by atoms with E-state index in [1.54, 1.807) is 24.4 Å². The molecule has 1 heterocycles. The SMILES string of the molecule is Nc1ccc(COc2c(F)cccc2F)c2ncccc12. The topological polar surface area (TPSA) is 48.1 Å². The minimum Gasteiger partial charge on any atom is -0.483 e. The molecule has 0 amide bonds. The fourth-order valence-corrected chi connectivity index (χ4v) is 2.14. The van der Waals surface area contributed by atoms with Gasteiger partial charge in [-0.15, -0.1) is 0 Å². The molecule has 2 N–H and O–H groups in total. The van der Waals surface area contributed by atoms with Crippen LogP contribution in [0, 0.1) is 11.6 Å². The van der Waals surface area contributed by atoms with Crippen LogP contribution in [0.5, 0.6) is 5.75 Å². The highest BCUT2D eigenvalue weighted by molar-refractivity contribution is 5.92. The number of aromatic nitrogens is 1. The Morgan fingerprint density at radius 1 is 1.00 bits per heavy atom. The van der Waals surface area contributed by atoms with Crippen molar-refractivity contribution >= 4 is 16.6 Å². The molecule has 0 unspecified atom stereocenters. The van der Waals surface area contributed by atoms with E-state index in [1.807, 2.05) is 6.07 Å². The van der Waals surface area contributed by atoms with Crippen LogP contribution in [0.1, 0.15) is 5.56 Å². The zero-order valence-electron chi connectivity index (χ0n) is 11.0. The lowest BCUT2D eigenvalue weighted by molar-refractivity contribution is 0.275. The number of nitrogen functional groups attached to an aromatic ring is 1. The molecule has 0 spiro atoms. The molecule has 3 aromatic rings. The number of para-hydroxylation sites is 1. The van der Waals surface area contributed by atoms with Gasteiger partial charge in [-0.1, -0.05) is 12.1 Å². The Kier molecular flexibility index (Phi) is 3.39. The van der Waals surface area contributed by atoms with Gasteiger partial charge in [0.05, 0.1) is 5.52 Å². The van der Waals surface area contributed by atoms with E-state index in [0.717, 1.165) is 17.5 Å². The van der Waals surface area contributed by atoms with E-state index in [0.29, 0.717) is 16.8 Å². The second-order valence-electron chi connectivity index (χ2n) is 4.55. The molecule has 3 nitrogen and oxygen atoms in total. The van der Waals surface area contributed by atoms with Crippen molar-refractivity contribution in [3.8, 4) is 5.75 Å². The van der Waals surface area contributed by atoms with E-state index in [9.17, 15) is 8.78 Å². The molecule has 0 aliphatic carbocycles. The number of anilines is 1. The van der Waals surface area contributed by atoms with Gasteiger partial charge in [0.1, 0.15) is 6.61 Å². The van der Waals surface area contributed by atoms with Crippen LogP contribution in [0.15, 0.2) is 48.7 Å². The zero-order valence-corrected chi connectivity index (χ0v) is 11.0. The van der Waals surface area contributed by atoms with E-state index in [2.05, 4.69) is 4.98 Å². The van der Waals surface area contributed by atoms with Gasteiger partial charge in [-0.05, 0) is 30.3 Å². The van der Waals surface area contributed by atoms with E-state index >= 15 is 0 Å². The fourth-order valence-electron chi connectivity index (χ4n) is 2.14. The van der Waals surface area contributed by atoms with Crippen molar-refractivity contribution in [3.63, 3.8) is 0 Å². The van der Waals surface area contributed by atoms with Gasteiger partial charge in [0, 0.05) is 22.8 Å². The van der Waals surface area contributed by atoms with E-state index < -0.39 is 17.4 Å². The minimum atomic E-state index is -0.734. The van der Waals surface area contributed by atoms with Gasteiger partial charge in [0.25, 0.3) is 0 Å². The Morgan fingerprint density at radius 2 is 1.76 bits per heavy atom. The number of nitrogens with two attached hydrogens (primary N) is 1. The maximum atomic E-state index is 13.5. The maximum Gasteiger partial charge on any atom is 0.191 e. The van der Waals surface area contributed by atoms with E-state index in [-0.39, 0.29) is 6.61 Å². The summed E-state index contributed by atoms with van der Waals surface area (Å²) in [6, 6.07) is 10.7. The van der Waals surface area contributed by atoms with Crippen molar-refractivity contribution < 1.29 is 13.5 Å². The van der Waals surface area contributed by atoms with Gasteiger partial charge in [0.2, 0.25) is 0 Å². The Bertz CT molecular complexity index is 785. The smallest absolute Gasteiger partial charge is 0.191 e. The van der Waals surface area contributed by atoms with Crippen molar-refractivity contribution in [2.45, 2.75) is 6.61 Å². The lowest BCUT2D eigenvalue weighted by atomic mass is 10.1. The molecule has 0 aliphatic heterocycles. The Labute approximate surface area is 120 Å². The summed E-state index contributed by atoms with van der Waals surface area (Å²) in [7, 11) is 0. The minimum absolute atomic E-state index is 0.00560. The fraction of sp³-hybridized carbons (Fsp3) is 0.0625.